The molecule has 0 amide bonds. The molecule has 0 radical (unpaired) electrons. The van der Waals surface area contributed by atoms with Gasteiger partial charge in [0, 0.05) is 17.3 Å². The molecule has 0 spiro atoms. The highest BCUT2D eigenvalue weighted by Crippen LogP contribution is 2.29. The number of rotatable bonds is 9. The van der Waals surface area contributed by atoms with Crippen molar-refractivity contribution in [2.45, 2.75) is 46.6 Å². The summed E-state index contributed by atoms with van der Waals surface area (Å²) in [5, 5.41) is 5.49. The van der Waals surface area contributed by atoms with Crippen molar-refractivity contribution in [2.24, 2.45) is 5.41 Å². The van der Waals surface area contributed by atoms with Crippen LogP contribution in [0.1, 0.15) is 40.5 Å². The van der Waals surface area contributed by atoms with E-state index in [1.807, 2.05) is 42.5 Å². The molecule has 4 aromatic rings. The van der Waals surface area contributed by atoms with Crippen LogP contribution in [0.3, 0.4) is 0 Å². The normalized spacial score (nSPS) is 12.6. The fourth-order valence-corrected chi connectivity index (χ4v) is 4.16. The Labute approximate surface area is 201 Å². The van der Waals surface area contributed by atoms with E-state index in [1.165, 1.54) is 0 Å². The van der Waals surface area contributed by atoms with Crippen molar-refractivity contribution in [3.63, 3.8) is 0 Å². The Kier molecular flexibility index (Phi) is 7.06. The monoisotopic (exact) mass is 458 g/mol. The molecule has 4 rings (SSSR count). The highest BCUT2D eigenvalue weighted by atomic mass is 16.5. The third kappa shape index (κ3) is 6.07. The van der Waals surface area contributed by atoms with Gasteiger partial charge in [0.15, 0.2) is 0 Å². The molecule has 0 saturated carbocycles. The Morgan fingerprint density at radius 2 is 1.56 bits per heavy atom. The zero-order valence-electron chi connectivity index (χ0n) is 20.5. The van der Waals surface area contributed by atoms with Crippen LogP contribution in [-0.4, -0.2) is 29.2 Å². The molecule has 1 atom stereocenters. The molecule has 2 aromatic carbocycles. The molecular formula is C28H34N4O2. The number of anilines is 2. The van der Waals surface area contributed by atoms with Gasteiger partial charge in [-0.1, -0.05) is 45.0 Å². The predicted molar refractivity (Wildman–Crippen MR) is 141 cm³/mol. The molecule has 0 aliphatic carbocycles. The Balaban J connectivity index is 1.35. The molecule has 6 nitrogen and oxygen atoms in total. The van der Waals surface area contributed by atoms with E-state index < -0.39 is 0 Å². The average Bonchev–Trinajstić information content (AvgIpc) is 2.78. The van der Waals surface area contributed by atoms with E-state index in [0.717, 1.165) is 58.5 Å². The minimum atomic E-state index is 0.111. The summed E-state index contributed by atoms with van der Waals surface area (Å²) in [5.41, 5.74) is 7.72. The molecule has 0 aliphatic heterocycles. The van der Waals surface area contributed by atoms with E-state index in [4.69, 9.17) is 20.2 Å². The van der Waals surface area contributed by atoms with Crippen LogP contribution in [0.2, 0.25) is 0 Å². The Morgan fingerprint density at radius 1 is 0.882 bits per heavy atom. The van der Waals surface area contributed by atoms with Crippen LogP contribution in [0.15, 0.2) is 60.7 Å². The van der Waals surface area contributed by atoms with E-state index in [-0.39, 0.29) is 11.5 Å². The number of nitrogens with one attached hydrogen (secondary N) is 1. The van der Waals surface area contributed by atoms with E-state index in [9.17, 15) is 0 Å². The Bertz CT molecular complexity index is 1270. The first kappa shape index (κ1) is 23.6. The second-order valence-corrected chi connectivity index (χ2v) is 9.91. The lowest BCUT2D eigenvalue weighted by Gasteiger charge is -2.24. The first-order valence-corrected chi connectivity index (χ1v) is 11.9. The molecular weight excluding hydrogens is 424 g/mol. The number of para-hydroxylation sites is 2. The van der Waals surface area contributed by atoms with Crippen molar-refractivity contribution in [1.29, 1.82) is 0 Å². The van der Waals surface area contributed by atoms with Gasteiger partial charge in [-0.15, -0.1) is 0 Å². The van der Waals surface area contributed by atoms with Crippen LogP contribution in [0.4, 0.5) is 11.6 Å². The van der Waals surface area contributed by atoms with Crippen molar-refractivity contribution in [2.75, 3.05) is 24.2 Å². The number of hydrogen-bond donors (Lipinski definition) is 2. The molecule has 3 N–H and O–H groups in total. The highest BCUT2D eigenvalue weighted by molar-refractivity contribution is 5.86. The highest BCUT2D eigenvalue weighted by Gasteiger charge is 2.17. The maximum Gasteiger partial charge on any atom is 0.146 e. The molecule has 2 aromatic heterocycles. The van der Waals surface area contributed by atoms with Crippen LogP contribution in [0.5, 0.6) is 11.5 Å². The summed E-state index contributed by atoms with van der Waals surface area (Å²) in [6, 6.07) is 19.8. The molecule has 2 heterocycles. The first-order valence-electron chi connectivity index (χ1n) is 11.9. The summed E-state index contributed by atoms with van der Waals surface area (Å²) >= 11 is 0. The molecule has 0 saturated heterocycles. The fraction of sp³-hybridized carbons (Fsp3) is 0.357. The molecule has 6 heteroatoms. The molecule has 0 fully saturated rings. The number of nitrogen functional groups attached to an aromatic ring is 1. The molecule has 0 aliphatic rings. The summed E-state index contributed by atoms with van der Waals surface area (Å²) in [7, 11) is 0. The second kappa shape index (κ2) is 10.2. The van der Waals surface area contributed by atoms with E-state index >= 15 is 0 Å². The number of nitrogens with two attached hydrogens (primary N) is 1. The minimum Gasteiger partial charge on any atom is -0.491 e. The Hall–Kier alpha value is -3.54. The number of ether oxygens (including phenoxy) is 2. The predicted octanol–water partition coefficient (Wildman–Crippen LogP) is 6.45. The molecule has 1 unspecified atom stereocenters. The second-order valence-electron chi connectivity index (χ2n) is 9.91. The summed E-state index contributed by atoms with van der Waals surface area (Å²) < 4.78 is 12.3. The first-order chi connectivity index (χ1) is 16.3. The van der Waals surface area contributed by atoms with Crippen LogP contribution >= 0.6 is 0 Å². The van der Waals surface area contributed by atoms with Crippen molar-refractivity contribution in [1.82, 2.24) is 9.97 Å². The van der Waals surface area contributed by atoms with Crippen LogP contribution in [-0.2, 0) is 0 Å². The van der Waals surface area contributed by atoms with E-state index in [0.29, 0.717) is 12.4 Å². The van der Waals surface area contributed by atoms with Gasteiger partial charge >= 0.3 is 0 Å². The van der Waals surface area contributed by atoms with E-state index in [1.54, 1.807) is 6.07 Å². The third-order valence-corrected chi connectivity index (χ3v) is 5.50. The number of hydrogen-bond acceptors (Lipinski definition) is 6. The van der Waals surface area contributed by atoms with Gasteiger partial charge in [0.2, 0.25) is 0 Å². The quantitative estimate of drug-likeness (QED) is 0.281. The summed E-state index contributed by atoms with van der Waals surface area (Å²) in [6.45, 7) is 10.1. The smallest absolute Gasteiger partial charge is 0.146 e. The van der Waals surface area contributed by atoms with Gasteiger partial charge in [0.1, 0.15) is 34.2 Å². The van der Waals surface area contributed by atoms with Gasteiger partial charge in [-0.05, 0) is 61.6 Å². The lowest BCUT2D eigenvalue weighted by molar-refractivity contribution is 0.162. The number of fused-ring (bicyclic) bond motifs is 2. The number of pyridine rings is 2. The number of nitrogens with zero attached hydrogens (tertiary/aromatic N) is 2. The summed E-state index contributed by atoms with van der Waals surface area (Å²) in [5.74, 6) is 2.89. The van der Waals surface area contributed by atoms with Crippen LogP contribution < -0.4 is 20.5 Å². The van der Waals surface area contributed by atoms with Crippen molar-refractivity contribution < 1.29 is 9.47 Å². The van der Waals surface area contributed by atoms with Crippen molar-refractivity contribution in [3.05, 3.63) is 60.7 Å². The lowest BCUT2D eigenvalue weighted by atomic mass is 9.90. The largest absolute Gasteiger partial charge is 0.491 e. The maximum absolute atomic E-state index is 6.27. The van der Waals surface area contributed by atoms with Gasteiger partial charge < -0.3 is 20.5 Å². The summed E-state index contributed by atoms with van der Waals surface area (Å²) in [6.07, 6.45) is 1.90. The van der Waals surface area contributed by atoms with Gasteiger partial charge in [0.05, 0.1) is 12.7 Å². The van der Waals surface area contributed by atoms with Crippen molar-refractivity contribution in [3.8, 4) is 11.5 Å². The lowest BCUT2D eigenvalue weighted by Crippen LogP contribution is -2.20. The zero-order chi connectivity index (χ0) is 24.1. The molecule has 178 valence electrons. The number of benzene rings is 2. The van der Waals surface area contributed by atoms with Crippen molar-refractivity contribution >= 4 is 33.4 Å². The van der Waals surface area contributed by atoms with Gasteiger partial charge in [-0.25, -0.2) is 9.97 Å². The Morgan fingerprint density at radius 3 is 2.29 bits per heavy atom. The zero-order valence-corrected chi connectivity index (χ0v) is 20.5. The topological polar surface area (TPSA) is 82.3 Å². The van der Waals surface area contributed by atoms with E-state index in [2.05, 4.69) is 50.1 Å². The van der Waals surface area contributed by atoms with Gasteiger partial charge in [-0.2, -0.15) is 0 Å². The average molecular weight is 459 g/mol. The van der Waals surface area contributed by atoms with Crippen LogP contribution in [0, 0.1) is 5.41 Å². The minimum absolute atomic E-state index is 0.111. The number of aromatic nitrogens is 2. The SMILES string of the molecule is CC(CC(C)(C)C)Oc1cccc2ccc(NCCCOc3cccc4ccc(N)nc34)nc12. The third-order valence-electron chi connectivity index (χ3n) is 5.50. The van der Waals surface area contributed by atoms with Gasteiger partial charge in [-0.3, -0.25) is 0 Å². The maximum atomic E-state index is 6.27. The fourth-order valence-electron chi connectivity index (χ4n) is 4.16. The standard InChI is InChI=1S/C28H34N4O2/c1-19(18-28(2,3)4)34-23-11-6-9-21-13-15-25(32-27(21)23)30-16-7-17-33-22-10-5-8-20-12-14-24(29)31-26(20)22/h5-6,8-15,19H,7,16-18H2,1-4H3,(H2,29,31)(H,30,32). The molecule has 34 heavy (non-hydrogen) atoms. The molecule has 0 bridgehead atoms. The van der Waals surface area contributed by atoms with Gasteiger partial charge in [0.25, 0.3) is 0 Å². The summed E-state index contributed by atoms with van der Waals surface area (Å²) in [4.78, 5) is 9.24. The van der Waals surface area contributed by atoms with Crippen LogP contribution in [0.25, 0.3) is 21.8 Å².